The molecule has 7 nitrogen and oxygen atoms in total. The molecule has 1 amide bonds. The van der Waals surface area contributed by atoms with Crippen molar-refractivity contribution in [3.63, 3.8) is 0 Å². The van der Waals surface area contributed by atoms with E-state index in [1.807, 2.05) is 19.1 Å². The quantitative estimate of drug-likeness (QED) is 0.528. The zero-order valence-electron chi connectivity index (χ0n) is 17.8. The van der Waals surface area contributed by atoms with E-state index in [0.29, 0.717) is 23.7 Å². The van der Waals surface area contributed by atoms with Crippen molar-refractivity contribution in [3.05, 3.63) is 95.1 Å². The van der Waals surface area contributed by atoms with Gasteiger partial charge in [0.25, 0.3) is 5.91 Å². The standard InChI is InChI=1S/C25H23NO6/c1-3-31-19-12-8-17(9-13-19)22-21(23(27)20-5-4-14-32-20)24(28)25(29)26(22)15-16-6-10-18(30-2)11-7-16/h4-14,22,28H,3,15H2,1-2H3. The number of ether oxygens (including phenoxy) is 2. The maximum absolute atomic E-state index is 13.2. The number of ketones is 1. The summed E-state index contributed by atoms with van der Waals surface area (Å²) in [6.07, 6.45) is 1.38. The molecule has 0 radical (unpaired) electrons. The molecule has 1 aromatic heterocycles. The van der Waals surface area contributed by atoms with Crippen LogP contribution in [0.25, 0.3) is 0 Å². The number of carbonyl (C=O) groups excluding carboxylic acids is 2. The molecule has 32 heavy (non-hydrogen) atoms. The van der Waals surface area contributed by atoms with E-state index in [-0.39, 0.29) is 17.9 Å². The molecule has 1 unspecified atom stereocenters. The summed E-state index contributed by atoms with van der Waals surface area (Å²) < 4.78 is 15.9. The van der Waals surface area contributed by atoms with Crippen LogP contribution in [0.3, 0.4) is 0 Å². The highest BCUT2D eigenvalue weighted by atomic mass is 16.5. The van der Waals surface area contributed by atoms with Crippen molar-refractivity contribution in [1.82, 2.24) is 4.90 Å². The van der Waals surface area contributed by atoms with Gasteiger partial charge in [0, 0.05) is 6.54 Å². The highest BCUT2D eigenvalue weighted by Crippen LogP contribution is 2.40. The van der Waals surface area contributed by atoms with Crippen molar-refractivity contribution in [3.8, 4) is 11.5 Å². The van der Waals surface area contributed by atoms with Crippen LogP contribution in [0.1, 0.15) is 34.6 Å². The molecular formula is C25H23NO6. The molecule has 4 rings (SSSR count). The number of aliphatic hydroxyl groups is 1. The minimum atomic E-state index is -0.780. The molecule has 2 heterocycles. The van der Waals surface area contributed by atoms with Crippen LogP contribution in [0.5, 0.6) is 11.5 Å². The number of hydrogen-bond donors (Lipinski definition) is 1. The van der Waals surface area contributed by atoms with Crippen LogP contribution in [0.15, 0.2) is 82.7 Å². The smallest absolute Gasteiger partial charge is 0.290 e. The van der Waals surface area contributed by atoms with Gasteiger partial charge in [-0.05, 0) is 54.4 Å². The molecule has 164 valence electrons. The zero-order valence-corrected chi connectivity index (χ0v) is 17.8. The van der Waals surface area contributed by atoms with E-state index >= 15 is 0 Å². The number of amides is 1. The van der Waals surface area contributed by atoms with E-state index < -0.39 is 23.5 Å². The Morgan fingerprint density at radius 1 is 1.06 bits per heavy atom. The Morgan fingerprint density at radius 2 is 1.75 bits per heavy atom. The molecule has 0 fully saturated rings. The van der Waals surface area contributed by atoms with E-state index in [9.17, 15) is 14.7 Å². The topological polar surface area (TPSA) is 89.2 Å². The van der Waals surface area contributed by atoms with Gasteiger partial charge in [-0.15, -0.1) is 0 Å². The number of methoxy groups -OCH3 is 1. The highest BCUT2D eigenvalue weighted by Gasteiger charge is 2.44. The summed E-state index contributed by atoms with van der Waals surface area (Å²) >= 11 is 0. The predicted octanol–water partition coefficient (Wildman–Crippen LogP) is 4.47. The summed E-state index contributed by atoms with van der Waals surface area (Å²) in [6.45, 7) is 2.61. The molecule has 2 aromatic carbocycles. The molecule has 1 atom stereocenters. The number of benzene rings is 2. The lowest BCUT2D eigenvalue weighted by Gasteiger charge is -2.27. The van der Waals surface area contributed by atoms with Gasteiger partial charge in [0.2, 0.25) is 5.78 Å². The lowest BCUT2D eigenvalue weighted by molar-refractivity contribution is -0.130. The molecule has 3 aromatic rings. The molecule has 0 bridgehead atoms. The first kappa shape index (κ1) is 21.2. The van der Waals surface area contributed by atoms with E-state index in [4.69, 9.17) is 13.9 Å². The number of hydrogen-bond acceptors (Lipinski definition) is 6. The van der Waals surface area contributed by atoms with E-state index in [2.05, 4.69) is 0 Å². The molecule has 1 aliphatic rings. The van der Waals surface area contributed by atoms with Crippen LogP contribution in [-0.4, -0.2) is 35.4 Å². The first-order valence-corrected chi connectivity index (χ1v) is 10.2. The monoisotopic (exact) mass is 433 g/mol. The van der Waals surface area contributed by atoms with Gasteiger partial charge in [0.15, 0.2) is 11.5 Å². The maximum atomic E-state index is 13.2. The Bertz CT molecular complexity index is 1130. The first-order chi connectivity index (χ1) is 15.5. The van der Waals surface area contributed by atoms with Gasteiger partial charge in [0.1, 0.15) is 11.5 Å². The second-order valence-electron chi connectivity index (χ2n) is 7.25. The third-order valence-electron chi connectivity index (χ3n) is 5.31. The van der Waals surface area contributed by atoms with Crippen molar-refractivity contribution in [2.45, 2.75) is 19.5 Å². The van der Waals surface area contributed by atoms with Crippen molar-refractivity contribution in [2.75, 3.05) is 13.7 Å². The molecule has 0 spiro atoms. The minimum Gasteiger partial charge on any atom is -0.503 e. The number of carbonyl (C=O) groups is 2. The molecular weight excluding hydrogens is 410 g/mol. The Hall–Kier alpha value is -4.00. The number of nitrogens with zero attached hydrogens (tertiary/aromatic N) is 1. The fraction of sp³-hybridized carbons (Fsp3) is 0.200. The molecule has 0 saturated carbocycles. The Morgan fingerprint density at radius 3 is 2.34 bits per heavy atom. The van der Waals surface area contributed by atoms with Crippen LogP contribution in [0, 0.1) is 0 Å². The van der Waals surface area contributed by atoms with Gasteiger partial charge in [-0.1, -0.05) is 24.3 Å². The average Bonchev–Trinajstić information content (AvgIpc) is 3.43. The summed E-state index contributed by atoms with van der Waals surface area (Å²) in [6, 6.07) is 16.7. The molecule has 0 saturated heterocycles. The van der Waals surface area contributed by atoms with Gasteiger partial charge in [0.05, 0.1) is 31.6 Å². The molecule has 1 aliphatic heterocycles. The summed E-state index contributed by atoms with van der Waals surface area (Å²) in [5.74, 6) is -0.291. The predicted molar refractivity (Wildman–Crippen MR) is 117 cm³/mol. The normalized spacial score (nSPS) is 15.9. The van der Waals surface area contributed by atoms with Crippen LogP contribution >= 0.6 is 0 Å². The summed E-state index contributed by atoms with van der Waals surface area (Å²) in [5.41, 5.74) is 1.49. The largest absolute Gasteiger partial charge is 0.503 e. The third kappa shape index (κ3) is 3.97. The lowest BCUT2D eigenvalue weighted by Crippen LogP contribution is -2.30. The van der Waals surface area contributed by atoms with Crippen LogP contribution in [-0.2, 0) is 11.3 Å². The third-order valence-corrected chi connectivity index (χ3v) is 5.31. The maximum Gasteiger partial charge on any atom is 0.290 e. The molecule has 7 heteroatoms. The fourth-order valence-electron chi connectivity index (χ4n) is 3.78. The second kappa shape index (κ2) is 9.01. The highest BCUT2D eigenvalue weighted by molar-refractivity contribution is 6.15. The van der Waals surface area contributed by atoms with Gasteiger partial charge in [-0.25, -0.2) is 0 Å². The van der Waals surface area contributed by atoms with Gasteiger partial charge in [-0.2, -0.15) is 0 Å². The van der Waals surface area contributed by atoms with Crippen molar-refractivity contribution >= 4 is 11.7 Å². The molecule has 1 N–H and O–H groups in total. The van der Waals surface area contributed by atoms with E-state index in [1.165, 1.54) is 17.2 Å². The SMILES string of the molecule is CCOc1ccc(C2C(C(=O)c3ccco3)=C(O)C(=O)N2Cc2ccc(OC)cc2)cc1. The Kier molecular flexibility index (Phi) is 5.98. The number of Topliss-reactive ketones (excluding diaryl/α,β-unsaturated/α-hetero) is 1. The second-order valence-corrected chi connectivity index (χ2v) is 7.25. The van der Waals surface area contributed by atoms with E-state index in [0.717, 1.165) is 5.56 Å². The van der Waals surface area contributed by atoms with Crippen LogP contribution in [0.4, 0.5) is 0 Å². The number of rotatable bonds is 8. The van der Waals surface area contributed by atoms with Crippen molar-refractivity contribution in [2.24, 2.45) is 0 Å². The Labute approximate surface area is 185 Å². The summed E-state index contributed by atoms with van der Waals surface area (Å²) in [7, 11) is 1.58. The minimum absolute atomic E-state index is 0.0115. The van der Waals surface area contributed by atoms with Crippen molar-refractivity contribution < 1.29 is 28.6 Å². The molecule has 0 aliphatic carbocycles. The fourth-order valence-corrected chi connectivity index (χ4v) is 3.78. The van der Waals surface area contributed by atoms with E-state index in [1.54, 1.807) is 49.6 Å². The van der Waals surface area contributed by atoms with Crippen LogP contribution < -0.4 is 9.47 Å². The first-order valence-electron chi connectivity index (χ1n) is 10.2. The summed E-state index contributed by atoms with van der Waals surface area (Å²) in [5, 5.41) is 10.7. The Balaban J connectivity index is 1.74. The van der Waals surface area contributed by atoms with Gasteiger partial charge in [-0.3, -0.25) is 9.59 Å². The van der Waals surface area contributed by atoms with Gasteiger partial charge < -0.3 is 23.9 Å². The lowest BCUT2D eigenvalue weighted by atomic mass is 9.95. The zero-order chi connectivity index (χ0) is 22.7. The number of furan rings is 1. The average molecular weight is 433 g/mol. The van der Waals surface area contributed by atoms with Gasteiger partial charge >= 0.3 is 0 Å². The van der Waals surface area contributed by atoms with Crippen molar-refractivity contribution in [1.29, 1.82) is 0 Å². The van der Waals surface area contributed by atoms with Crippen LogP contribution in [0.2, 0.25) is 0 Å². The number of aliphatic hydroxyl groups excluding tert-OH is 1. The summed E-state index contributed by atoms with van der Waals surface area (Å²) in [4.78, 5) is 27.7.